The van der Waals surface area contributed by atoms with Gasteiger partial charge in [0, 0.05) is 18.1 Å². The highest BCUT2D eigenvalue weighted by Crippen LogP contribution is 2.20. The predicted octanol–water partition coefficient (Wildman–Crippen LogP) is 2.73. The molecule has 1 aromatic carbocycles. The second-order valence-corrected chi connectivity index (χ2v) is 5.63. The van der Waals surface area contributed by atoms with E-state index in [0.717, 1.165) is 22.0 Å². The Bertz CT molecular complexity index is 553. The number of benzene rings is 1. The molecule has 0 aliphatic heterocycles. The fraction of sp³-hybridized carbons (Fsp3) is 0.357. The second-order valence-electron chi connectivity index (χ2n) is 4.57. The number of nitrogens with zero attached hydrogens (tertiary/aromatic N) is 2. The van der Waals surface area contributed by atoms with Gasteiger partial charge in [0.25, 0.3) is 0 Å². The van der Waals surface area contributed by atoms with E-state index in [4.69, 9.17) is 5.73 Å². The van der Waals surface area contributed by atoms with E-state index in [1.165, 1.54) is 6.07 Å². The molecule has 2 rings (SSSR count). The molecule has 0 spiro atoms. The standard InChI is InChI=1S/C14H18FN3S/c1-10-17-13(9-19-10)8-18(2)14-6-11(3-4-16)5-12(15)7-14/h5-7,9H,3-4,8,16H2,1-2H3. The van der Waals surface area contributed by atoms with Crippen molar-refractivity contribution >= 4 is 17.0 Å². The van der Waals surface area contributed by atoms with Gasteiger partial charge in [-0.3, -0.25) is 0 Å². The number of hydrogen-bond acceptors (Lipinski definition) is 4. The fourth-order valence-corrected chi connectivity index (χ4v) is 2.58. The minimum atomic E-state index is -0.220. The maximum Gasteiger partial charge on any atom is 0.125 e. The van der Waals surface area contributed by atoms with Crippen LogP contribution >= 0.6 is 11.3 Å². The molecule has 3 nitrogen and oxygen atoms in total. The summed E-state index contributed by atoms with van der Waals surface area (Å²) in [5.74, 6) is -0.220. The molecule has 0 atom stereocenters. The molecular formula is C14H18FN3S. The number of nitrogens with two attached hydrogens (primary N) is 1. The van der Waals surface area contributed by atoms with Crippen molar-refractivity contribution in [3.8, 4) is 0 Å². The van der Waals surface area contributed by atoms with Crippen LogP contribution in [0.3, 0.4) is 0 Å². The minimum absolute atomic E-state index is 0.220. The van der Waals surface area contributed by atoms with Crippen molar-refractivity contribution in [2.75, 3.05) is 18.5 Å². The van der Waals surface area contributed by atoms with Crippen LogP contribution in [0.2, 0.25) is 0 Å². The Morgan fingerprint density at radius 3 is 2.79 bits per heavy atom. The highest BCUT2D eigenvalue weighted by molar-refractivity contribution is 7.09. The van der Waals surface area contributed by atoms with E-state index >= 15 is 0 Å². The molecule has 0 aliphatic carbocycles. The van der Waals surface area contributed by atoms with Gasteiger partial charge in [0.15, 0.2) is 0 Å². The van der Waals surface area contributed by atoms with E-state index in [1.54, 1.807) is 17.4 Å². The average Bonchev–Trinajstić information content (AvgIpc) is 2.74. The van der Waals surface area contributed by atoms with Gasteiger partial charge in [0.05, 0.1) is 17.2 Å². The van der Waals surface area contributed by atoms with Crippen LogP contribution in [0.25, 0.3) is 0 Å². The van der Waals surface area contributed by atoms with Crippen LogP contribution in [0.5, 0.6) is 0 Å². The number of thiazole rings is 1. The second kappa shape index (κ2) is 6.12. The lowest BCUT2D eigenvalue weighted by Gasteiger charge is -2.19. The molecule has 0 bridgehead atoms. The van der Waals surface area contributed by atoms with E-state index in [9.17, 15) is 4.39 Å². The highest BCUT2D eigenvalue weighted by atomic mass is 32.1. The smallest absolute Gasteiger partial charge is 0.125 e. The summed E-state index contributed by atoms with van der Waals surface area (Å²) in [6.07, 6.45) is 0.689. The Balaban J connectivity index is 2.15. The molecule has 0 radical (unpaired) electrons. The van der Waals surface area contributed by atoms with E-state index in [1.807, 2.05) is 30.3 Å². The topological polar surface area (TPSA) is 42.2 Å². The molecule has 0 aliphatic rings. The van der Waals surface area contributed by atoms with Gasteiger partial charge in [0.2, 0.25) is 0 Å². The summed E-state index contributed by atoms with van der Waals surface area (Å²) in [4.78, 5) is 6.42. The minimum Gasteiger partial charge on any atom is -0.369 e. The van der Waals surface area contributed by atoms with Crippen molar-refractivity contribution in [3.63, 3.8) is 0 Å². The van der Waals surface area contributed by atoms with Crippen LogP contribution < -0.4 is 10.6 Å². The Morgan fingerprint density at radius 1 is 1.37 bits per heavy atom. The third-order valence-electron chi connectivity index (χ3n) is 2.88. The molecule has 0 amide bonds. The van der Waals surface area contributed by atoms with Gasteiger partial charge in [-0.2, -0.15) is 0 Å². The lowest BCUT2D eigenvalue weighted by atomic mass is 10.1. The number of aromatic nitrogens is 1. The number of rotatable bonds is 5. The van der Waals surface area contributed by atoms with Gasteiger partial charge in [0.1, 0.15) is 5.82 Å². The molecule has 1 aromatic heterocycles. The van der Waals surface area contributed by atoms with E-state index in [2.05, 4.69) is 4.98 Å². The predicted molar refractivity (Wildman–Crippen MR) is 78.1 cm³/mol. The maximum absolute atomic E-state index is 13.6. The summed E-state index contributed by atoms with van der Waals surface area (Å²) >= 11 is 1.63. The van der Waals surface area contributed by atoms with Gasteiger partial charge < -0.3 is 10.6 Å². The van der Waals surface area contributed by atoms with Crippen LogP contribution in [0, 0.1) is 12.7 Å². The molecule has 0 saturated heterocycles. The first-order chi connectivity index (χ1) is 9.08. The number of halogens is 1. The summed E-state index contributed by atoms with van der Waals surface area (Å²) in [7, 11) is 1.94. The lowest BCUT2D eigenvalue weighted by Crippen LogP contribution is -2.17. The fourth-order valence-electron chi connectivity index (χ4n) is 1.98. The van der Waals surface area contributed by atoms with Crippen molar-refractivity contribution in [3.05, 3.63) is 45.7 Å². The maximum atomic E-state index is 13.6. The van der Waals surface area contributed by atoms with Crippen molar-refractivity contribution in [2.45, 2.75) is 19.9 Å². The zero-order valence-corrected chi connectivity index (χ0v) is 12.0. The zero-order chi connectivity index (χ0) is 13.8. The Hall–Kier alpha value is -1.46. The van der Waals surface area contributed by atoms with Gasteiger partial charge in [-0.25, -0.2) is 9.37 Å². The molecule has 1 heterocycles. The number of hydrogen-bond donors (Lipinski definition) is 1. The summed E-state index contributed by atoms with van der Waals surface area (Å²) in [6, 6.07) is 5.06. The molecule has 2 N–H and O–H groups in total. The molecule has 102 valence electrons. The van der Waals surface area contributed by atoms with Crippen molar-refractivity contribution < 1.29 is 4.39 Å². The number of aryl methyl sites for hydroxylation is 1. The van der Waals surface area contributed by atoms with Gasteiger partial charge in [-0.1, -0.05) is 0 Å². The molecule has 5 heteroatoms. The van der Waals surface area contributed by atoms with Crippen molar-refractivity contribution in [2.24, 2.45) is 5.73 Å². The SMILES string of the molecule is Cc1nc(CN(C)c2cc(F)cc(CCN)c2)cs1. The van der Waals surface area contributed by atoms with E-state index < -0.39 is 0 Å². The first-order valence-electron chi connectivity index (χ1n) is 6.20. The highest BCUT2D eigenvalue weighted by Gasteiger charge is 2.07. The average molecular weight is 279 g/mol. The number of anilines is 1. The Labute approximate surface area is 116 Å². The quantitative estimate of drug-likeness (QED) is 0.915. The summed E-state index contributed by atoms with van der Waals surface area (Å²) < 4.78 is 13.6. The van der Waals surface area contributed by atoms with Gasteiger partial charge in [-0.05, 0) is 43.7 Å². The van der Waals surface area contributed by atoms with Crippen LogP contribution in [-0.4, -0.2) is 18.6 Å². The zero-order valence-electron chi connectivity index (χ0n) is 11.2. The molecule has 0 unspecified atom stereocenters. The summed E-state index contributed by atoms with van der Waals surface area (Å²) in [6.45, 7) is 3.18. The van der Waals surface area contributed by atoms with Gasteiger partial charge >= 0.3 is 0 Å². The monoisotopic (exact) mass is 279 g/mol. The lowest BCUT2D eigenvalue weighted by molar-refractivity contribution is 0.624. The first-order valence-corrected chi connectivity index (χ1v) is 7.08. The first kappa shape index (κ1) is 14.0. The van der Waals surface area contributed by atoms with Gasteiger partial charge in [-0.15, -0.1) is 11.3 Å². The molecule has 2 aromatic rings. The largest absolute Gasteiger partial charge is 0.369 e. The molecular weight excluding hydrogens is 261 g/mol. The summed E-state index contributed by atoms with van der Waals surface area (Å²) in [5, 5.41) is 3.08. The molecule has 0 fully saturated rings. The summed E-state index contributed by atoms with van der Waals surface area (Å²) in [5.41, 5.74) is 8.31. The Kier molecular flexibility index (Phi) is 4.50. The van der Waals surface area contributed by atoms with Crippen molar-refractivity contribution in [1.29, 1.82) is 0 Å². The normalized spacial score (nSPS) is 10.7. The third kappa shape index (κ3) is 3.75. The Morgan fingerprint density at radius 2 is 2.16 bits per heavy atom. The molecule has 19 heavy (non-hydrogen) atoms. The van der Waals surface area contributed by atoms with Crippen LogP contribution in [0.1, 0.15) is 16.3 Å². The van der Waals surface area contributed by atoms with Crippen LogP contribution in [0.4, 0.5) is 10.1 Å². The molecule has 0 saturated carbocycles. The van der Waals surface area contributed by atoms with E-state index in [0.29, 0.717) is 19.5 Å². The third-order valence-corrected chi connectivity index (χ3v) is 3.70. The van der Waals surface area contributed by atoms with Crippen LogP contribution in [0.15, 0.2) is 23.6 Å². The van der Waals surface area contributed by atoms with Crippen molar-refractivity contribution in [1.82, 2.24) is 4.98 Å². The van der Waals surface area contributed by atoms with Crippen LogP contribution in [-0.2, 0) is 13.0 Å². The van der Waals surface area contributed by atoms with E-state index in [-0.39, 0.29) is 5.82 Å².